The fourth-order valence-electron chi connectivity index (χ4n) is 5.69. The molecule has 1 unspecified atom stereocenters. The van der Waals surface area contributed by atoms with Gasteiger partial charge in [0.15, 0.2) is 23.0 Å². The molecule has 1 amide bonds. The van der Waals surface area contributed by atoms with E-state index in [0.717, 1.165) is 24.0 Å². The number of amides is 1. The molecule has 5 rings (SSSR count). The third kappa shape index (κ3) is 2.26. The highest BCUT2D eigenvalue weighted by Gasteiger charge is 2.58. The molecule has 3 atom stereocenters. The van der Waals surface area contributed by atoms with Gasteiger partial charge in [-0.15, -0.1) is 0 Å². The molecule has 4 aliphatic rings. The van der Waals surface area contributed by atoms with Crippen molar-refractivity contribution in [2.75, 3.05) is 20.8 Å². The molecule has 2 bridgehead atoms. The fraction of sp³-hybridized carbons (Fsp3) is 0.545. The normalized spacial score (nSPS) is 30.9. The first-order valence-electron chi connectivity index (χ1n) is 9.99. The summed E-state index contributed by atoms with van der Waals surface area (Å²) in [4.78, 5) is 27.8. The highest BCUT2D eigenvalue weighted by molar-refractivity contribution is 5.96. The first-order chi connectivity index (χ1) is 13.5. The van der Waals surface area contributed by atoms with Gasteiger partial charge >= 0.3 is 0 Å². The molecule has 1 N–H and O–H groups in total. The summed E-state index contributed by atoms with van der Waals surface area (Å²) < 4.78 is 10.7. The second kappa shape index (κ2) is 6.00. The largest absolute Gasteiger partial charge is 0.504 e. The van der Waals surface area contributed by atoms with E-state index >= 15 is 0 Å². The minimum Gasteiger partial charge on any atom is -0.504 e. The first kappa shape index (κ1) is 17.6. The maximum absolute atomic E-state index is 13.0. The molecule has 1 saturated carbocycles. The number of hydrogen-bond acceptors (Lipinski definition) is 5. The minimum absolute atomic E-state index is 0.0135. The summed E-state index contributed by atoms with van der Waals surface area (Å²) >= 11 is 0. The van der Waals surface area contributed by atoms with Crippen LogP contribution in [0.3, 0.4) is 0 Å². The molecule has 1 saturated heterocycles. The Morgan fingerprint density at radius 1 is 1.25 bits per heavy atom. The molecule has 1 aromatic carbocycles. The summed E-state index contributed by atoms with van der Waals surface area (Å²) in [6, 6.07) is 3.74. The highest BCUT2D eigenvalue weighted by atomic mass is 16.5. The minimum atomic E-state index is -0.518. The molecule has 0 spiro atoms. The van der Waals surface area contributed by atoms with Crippen LogP contribution >= 0.6 is 0 Å². The van der Waals surface area contributed by atoms with Crippen molar-refractivity contribution < 1.29 is 24.2 Å². The van der Waals surface area contributed by atoms with Crippen LogP contribution in [0.25, 0.3) is 0 Å². The Kier molecular flexibility index (Phi) is 3.77. The van der Waals surface area contributed by atoms with Gasteiger partial charge in [-0.1, -0.05) is 6.07 Å². The van der Waals surface area contributed by atoms with Crippen molar-refractivity contribution in [1.29, 1.82) is 0 Å². The predicted molar refractivity (Wildman–Crippen MR) is 101 cm³/mol. The number of phenols is 1. The highest BCUT2D eigenvalue weighted by Crippen LogP contribution is 2.58. The molecule has 1 aliphatic heterocycles. The first-order valence-corrected chi connectivity index (χ1v) is 9.99. The van der Waals surface area contributed by atoms with E-state index in [1.54, 1.807) is 6.07 Å². The van der Waals surface area contributed by atoms with Crippen molar-refractivity contribution in [2.24, 2.45) is 11.8 Å². The van der Waals surface area contributed by atoms with Gasteiger partial charge in [0, 0.05) is 41.8 Å². The quantitative estimate of drug-likeness (QED) is 0.867. The molecule has 2 fully saturated rings. The third-order valence-corrected chi connectivity index (χ3v) is 7.14. The van der Waals surface area contributed by atoms with Gasteiger partial charge in [-0.3, -0.25) is 9.59 Å². The van der Waals surface area contributed by atoms with Crippen LogP contribution < -0.4 is 4.74 Å². The van der Waals surface area contributed by atoms with E-state index in [1.807, 2.05) is 17.0 Å². The van der Waals surface area contributed by atoms with Crippen molar-refractivity contribution in [3.8, 4) is 11.5 Å². The monoisotopic (exact) mass is 383 g/mol. The van der Waals surface area contributed by atoms with Gasteiger partial charge in [-0.25, -0.2) is 0 Å². The van der Waals surface area contributed by atoms with Crippen LogP contribution in [0, 0.1) is 11.8 Å². The molecule has 28 heavy (non-hydrogen) atoms. The number of allylic oxidation sites excluding steroid dienone is 1. The number of hydrogen-bond donors (Lipinski definition) is 1. The van der Waals surface area contributed by atoms with Crippen LogP contribution in [0.2, 0.25) is 0 Å². The lowest BCUT2D eigenvalue weighted by atomic mass is 9.53. The molecule has 0 aromatic heterocycles. The number of aromatic hydroxyl groups is 1. The molecule has 1 aromatic rings. The number of ketones is 1. The lowest BCUT2D eigenvalue weighted by molar-refractivity contribution is -0.140. The molecule has 1 heterocycles. The summed E-state index contributed by atoms with van der Waals surface area (Å²) in [7, 11) is 3.05. The number of nitrogens with zero attached hydrogens (tertiary/aromatic N) is 1. The van der Waals surface area contributed by atoms with Crippen LogP contribution in [0.1, 0.15) is 36.8 Å². The standard InChI is InChI=1S/C22H25NO5/c1-27-17-6-5-13-9-15-14-10-18(28-2)16(24)11-22(14,19(13)20(17)25)7-8-23(15)21(26)12-3-4-12/h5-6,10,12,14-15,25H,3-4,7-9,11H2,1-2H3/t14?,15-,22+/m0/s1. The van der Waals surface area contributed by atoms with Crippen molar-refractivity contribution >= 4 is 11.7 Å². The number of Topliss-reactive ketones (excluding diaryl/α,β-unsaturated/α-hetero) is 1. The van der Waals surface area contributed by atoms with Gasteiger partial charge in [-0.05, 0) is 43.4 Å². The van der Waals surface area contributed by atoms with E-state index in [9.17, 15) is 14.7 Å². The van der Waals surface area contributed by atoms with Gasteiger partial charge in [0.25, 0.3) is 0 Å². The van der Waals surface area contributed by atoms with E-state index in [0.29, 0.717) is 30.9 Å². The number of carbonyl (C=O) groups excluding carboxylic acids is 2. The number of rotatable bonds is 3. The lowest BCUT2D eigenvalue weighted by Crippen LogP contribution is -2.62. The van der Waals surface area contributed by atoms with E-state index in [4.69, 9.17) is 9.47 Å². The Bertz CT molecular complexity index is 902. The van der Waals surface area contributed by atoms with Crippen molar-refractivity contribution in [1.82, 2.24) is 4.90 Å². The molecule has 3 aliphatic carbocycles. The van der Waals surface area contributed by atoms with E-state index in [-0.39, 0.29) is 41.7 Å². The maximum Gasteiger partial charge on any atom is 0.225 e. The van der Waals surface area contributed by atoms with Gasteiger partial charge < -0.3 is 19.5 Å². The van der Waals surface area contributed by atoms with Gasteiger partial charge in [0.05, 0.1) is 14.2 Å². The summed E-state index contributed by atoms with van der Waals surface area (Å²) in [5.41, 5.74) is 1.32. The van der Waals surface area contributed by atoms with Crippen LogP contribution in [0.15, 0.2) is 24.0 Å². The van der Waals surface area contributed by atoms with E-state index in [1.165, 1.54) is 14.2 Å². The second-order valence-electron chi connectivity index (χ2n) is 8.49. The van der Waals surface area contributed by atoms with Crippen LogP contribution in [-0.4, -0.2) is 48.5 Å². The number of ether oxygens (including phenoxy) is 2. The van der Waals surface area contributed by atoms with Gasteiger partial charge in [0.2, 0.25) is 5.91 Å². The number of methoxy groups -OCH3 is 2. The maximum atomic E-state index is 13.0. The SMILES string of the molecule is COC1=CC2[C@@H]3Cc4ccc(OC)c(O)c4[C@]2(CCN3C(=O)C2CC2)CC1=O. The van der Waals surface area contributed by atoms with Gasteiger partial charge in [0.1, 0.15) is 0 Å². The van der Waals surface area contributed by atoms with Crippen LogP contribution in [0.4, 0.5) is 0 Å². The molecular formula is C22H25NO5. The Labute approximate surface area is 164 Å². The summed E-state index contributed by atoms with van der Waals surface area (Å²) in [5.74, 6) is 1.23. The Morgan fingerprint density at radius 2 is 2.04 bits per heavy atom. The van der Waals surface area contributed by atoms with E-state index < -0.39 is 5.41 Å². The van der Waals surface area contributed by atoms with Crippen molar-refractivity contribution in [2.45, 2.75) is 43.6 Å². The van der Waals surface area contributed by atoms with E-state index in [2.05, 4.69) is 0 Å². The van der Waals surface area contributed by atoms with Crippen LogP contribution in [0.5, 0.6) is 11.5 Å². The number of benzene rings is 1. The summed E-state index contributed by atoms with van der Waals surface area (Å²) in [6.45, 7) is 0.621. The van der Waals surface area contributed by atoms with Crippen molar-refractivity contribution in [3.63, 3.8) is 0 Å². The van der Waals surface area contributed by atoms with Gasteiger partial charge in [-0.2, -0.15) is 0 Å². The fourth-order valence-corrected chi connectivity index (χ4v) is 5.69. The number of phenolic OH excluding ortho intramolecular Hbond substituents is 1. The molecule has 148 valence electrons. The Hall–Kier alpha value is -2.50. The predicted octanol–water partition coefficient (Wildman–Crippen LogP) is 2.32. The zero-order valence-corrected chi connectivity index (χ0v) is 16.2. The van der Waals surface area contributed by atoms with Crippen molar-refractivity contribution in [3.05, 3.63) is 35.1 Å². The number of carbonyl (C=O) groups is 2. The molecule has 6 nitrogen and oxygen atoms in total. The van der Waals surface area contributed by atoms with Crippen LogP contribution in [-0.2, 0) is 26.2 Å². The number of piperidine rings is 1. The Morgan fingerprint density at radius 3 is 2.71 bits per heavy atom. The zero-order valence-electron chi connectivity index (χ0n) is 16.2. The molecule has 6 heteroatoms. The zero-order chi connectivity index (χ0) is 19.6. The summed E-state index contributed by atoms with van der Waals surface area (Å²) in [6.07, 6.45) is 5.46. The summed E-state index contributed by atoms with van der Waals surface area (Å²) in [5, 5.41) is 11.0. The average Bonchev–Trinajstić information content (AvgIpc) is 3.52. The number of likely N-dealkylation sites (tertiary alicyclic amines) is 1. The number of fused-ring (bicyclic) bond motifs is 1. The lowest BCUT2D eigenvalue weighted by Gasteiger charge is -2.57. The second-order valence-corrected chi connectivity index (χ2v) is 8.49. The smallest absolute Gasteiger partial charge is 0.225 e. The topological polar surface area (TPSA) is 76.1 Å². The molecular weight excluding hydrogens is 358 g/mol. The Balaban J connectivity index is 1.69. The molecule has 0 radical (unpaired) electrons. The third-order valence-electron chi connectivity index (χ3n) is 7.14. The average molecular weight is 383 g/mol.